The maximum absolute atomic E-state index is 12.2. The summed E-state index contributed by atoms with van der Waals surface area (Å²) in [7, 11) is 0. The molecule has 0 aromatic carbocycles. The molecule has 0 aliphatic carbocycles. The van der Waals surface area contributed by atoms with Crippen molar-refractivity contribution < 1.29 is 14.3 Å². The van der Waals surface area contributed by atoms with Crippen LogP contribution >= 0.6 is 11.8 Å². The Hall–Kier alpha value is -2.11. The number of anilines is 3. The summed E-state index contributed by atoms with van der Waals surface area (Å²) >= 11 is 1.54. The second kappa shape index (κ2) is 7.64. The highest BCUT2D eigenvalue weighted by Crippen LogP contribution is 2.35. The number of hydrazone groups is 1. The number of morpholine rings is 2. The van der Waals surface area contributed by atoms with Crippen molar-refractivity contribution in [3.05, 3.63) is 5.69 Å². The van der Waals surface area contributed by atoms with E-state index in [1.807, 2.05) is 4.90 Å². The van der Waals surface area contributed by atoms with Gasteiger partial charge in [0.1, 0.15) is 5.69 Å². The number of ether oxygens (including phenoxy) is 2. The molecule has 3 aliphatic rings. The van der Waals surface area contributed by atoms with Crippen LogP contribution in [0.15, 0.2) is 5.10 Å². The second-order valence-corrected chi connectivity index (χ2v) is 6.83. The first-order valence-electron chi connectivity index (χ1n) is 8.53. The van der Waals surface area contributed by atoms with Gasteiger partial charge in [0.15, 0.2) is 11.5 Å². The summed E-state index contributed by atoms with van der Waals surface area (Å²) in [6.45, 7) is 5.18. The van der Waals surface area contributed by atoms with E-state index in [1.54, 1.807) is 22.3 Å². The highest BCUT2D eigenvalue weighted by molar-refractivity contribution is 8.12. The predicted octanol–water partition coefficient (Wildman–Crippen LogP) is -0.297. The molecule has 2 fully saturated rings. The monoisotopic (exact) mass is 379 g/mol. The number of thioether (sulfide) groups is 1. The zero-order valence-corrected chi connectivity index (χ0v) is 15.2. The molecular formula is C15H21N7O3S. The molecule has 3 aliphatic heterocycles. The van der Waals surface area contributed by atoms with Crippen molar-refractivity contribution >= 4 is 40.7 Å². The van der Waals surface area contributed by atoms with E-state index >= 15 is 0 Å². The minimum atomic E-state index is -0.585. The minimum Gasteiger partial charge on any atom is -0.378 e. The Morgan fingerprint density at radius 2 is 1.69 bits per heavy atom. The molecule has 1 amide bonds. The lowest BCUT2D eigenvalue weighted by Crippen LogP contribution is -2.41. The van der Waals surface area contributed by atoms with Crippen molar-refractivity contribution in [3.8, 4) is 0 Å². The molecule has 1 aromatic heterocycles. The van der Waals surface area contributed by atoms with E-state index < -0.39 is 5.91 Å². The van der Waals surface area contributed by atoms with Gasteiger partial charge in [-0.05, 0) is 0 Å². The molecule has 2 saturated heterocycles. The van der Waals surface area contributed by atoms with Gasteiger partial charge in [-0.15, -0.1) is 0 Å². The molecule has 0 spiro atoms. The third-order valence-corrected chi connectivity index (χ3v) is 5.04. The first-order valence-corrected chi connectivity index (χ1v) is 9.58. The molecule has 140 valence electrons. The van der Waals surface area contributed by atoms with Gasteiger partial charge in [-0.1, -0.05) is 11.8 Å². The van der Waals surface area contributed by atoms with Crippen molar-refractivity contribution in [3.63, 3.8) is 0 Å². The van der Waals surface area contributed by atoms with E-state index in [0.29, 0.717) is 75.9 Å². The predicted molar refractivity (Wildman–Crippen MR) is 100 cm³/mol. The number of nitrogens with zero attached hydrogens (tertiary/aromatic N) is 6. The summed E-state index contributed by atoms with van der Waals surface area (Å²) in [5, 5.41) is 6.07. The molecule has 26 heavy (non-hydrogen) atoms. The highest BCUT2D eigenvalue weighted by Gasteiger charge is 2.30. The molecule has 4 heterocycles. The first kappa shape index (κ1) is 17.3. The third kappa shape index (κ3) is 3.41. The zero-order chi connectivity index (χ0) is 17.9. The summed E-state index contributed by atoms with van der Waals surface area (Å²) in [4.78, 5) is 25.6. The first-order chi connectivity index (χ1) is 12.7. The molecule has 0 atom stereocenters. The average molecular weight is 379 g/mol. The number of hydrogen-bond donors (Lipinski definition) is 1. The molecule has 2 N–H and O–H groups in total. The number of primary amides is 1. The van der Waals surface area contributed by atoms with Crippen molar-refractivity contribution in [1.82, 2.24) is 9.97 Å². The van der Waals surface area contributed by atoms with Crippen molar-refractivity contribution in [2.75, 3.05) is 73.3 Å². The van der Waals surface area contributed by atoms with Crippen molar-refractivity contribution in [2.45, 2.75) is 0 Å². The van der Waals surface area contributed by atoms with Gasteiger partial charge in [-0.3, -0.25) is 4.79 Å². The van der Waals surface area contributed by atoms with Gasteiger partial charge in [0, 0.05) is 26.2 Å². The Morgan fingerprint density at radius 3 is 2.27 bits per heavy atom. The number of carbonyl (C=O) groups is 1. The Labute approximate surface area is 155 Å². The van der Waals surface area contributed by atoms with Crippen LogP contribution in [0.1, 0.15) is 10.5 Å². The number of hydrogen-bond acceptors (Lipinski definition) is 10. The number of aromatic nitrogens is 2. The molecule has 0 radical (unpaired) electrons. The minimum absolute atomic E-state index is 0.197. The summed E-state index contributed by atoms with van der Waals surface area (Å²) in [5.41, 5.74) is 8.18. The van der Waals surface area contributed by atoms with Crippen molar-refractivity contribution in [1.29, 1.82) is 0 Å². The largest absolute Gasteiger partial charge is 0.378 e. The van der Waals surface area contributed by atoms with Gasteiger partial charge in [0.25, 0.3) is 5.91 Å². The van der Waals surface area contributed by atoms with E-state index in [9.17, 15) is 4.79 Å². The van der Waals surface area contributed by atoms with E-state index in [-0.39, 0.29) is 5.69 Å². The normalized spacial score (nSPS) is 20.7. The molecule has 0 saturated carbocycles. The van der Waals surface area contributed by atoms with Gasteiger partial charge >= 0.3 is 0 Å². The fourth-order valence-electron chi connectivity index (χ4n) is 3.09. The lowest BCUT2D eigenvalue weighted by atomic mass is 10.2. The SMILES string of the molecule is NC(=O)c1nc(N2CCOCC2)nc(N2CCOCC2)c1N1CSC=N1. The Bertz CT molecular complexity index is 705. The van der Waals surface area contributed by atoms with Gasteiger partial charge in [-0.2, -0.15) is 10.1 Å². The second-order valence-electron chi connectivity index (χ2n) is 6.02. The smallest absolute Gasteiger partial charge is 0.269 e. The van der Waals surface area contributed by atoms with E-state index in [2.05, 4.69) is 15.0 Å². The lowest BCUT2D eigenvalue weighted by molar-refractivity contribution is 0.0995. The maximum atomic E-state index is 12.2. The standard InChI is InChI=1S/C15H21N7O3S/c16-13(23)11-12(22-10-26-9-17-22)14(20-1-5-24-6-2-20)19-15(18-11)21-3-7-25-8-4-21/h9H,1-8,10H2,(H2,16,23). The molecule has 1 aromatic rings. The maximum Gasteiger partial charge on any atom is 0.269 e. The molecule has 0 unspecified atom stereocenters. The molecule has 11 heteroatoms. The van der Waals surface area contributed by atoms with Crippen LogP contribution in [-0.2, 0) is 9.47 Å². The Balaban J connectivity index is 1.81. The Morgan fingerprint density at radius 1 is 1.04 bits per heavy atom. The van der Waals surface area contributed by atoms with Crippen LogP contribution in [0.2, 0.25) is 0 Å². The number of amides is 1. The van der Waals surface area contributed by atoms with Gasteiger partial charge < -0.3 is 25.0 Å². The topological polar surface area (TPSA) is 109 Å². The van der Waals surface area contributed by atoms with Crippen LogP contribution in [0, 0.1) is 0 Å². The van der Waals surface area contributed by atoms with Gasteiger partial charge in [-0.25, -0.2) is 9.99 Å². The zero-order valence-electron chi connectivity index (χ0n) is 14.3. The summed E-state index contributed by atoms with van der Waals surface area (Å²) in [5.74, 6) is 1.19. The van der Waals surface area contributed by atoms with E-state index in [4.69, 9.17) is 20.2 Å². The fraction of sp³-hybridized carbons (Fsp3) is 0.600. The molecule has 0 bridgehead atoms. The van der Waals surface area contributed by atoms with Crippen LogP contribution < -0.4 is 20.5 Å². The molecule has 4 rings (SSSR count). The van der Waals surface area contributed by atoms with Crippen LogP contribution in [0.25, 0.3) is 0 Å². The summed E-state index contributed by atoms with van der Waals surface area (Å²) in [6.07, 6.45) is 0. The summed E-state index contributed by atoms with van der Waals surface area (Å²) in [6, 6.07) is 0. The van der Waals surface area contributed by atoms with Gasteiger partial charge in [0.2, 0.25) is 5.95 Å². The van der Waals surface area contributed by atoms with E-state index in [0.717, 1.165) is 0 Å². The summed E-state index contributed by atoms with van der Waals surface area (Å²) < 4.78 is 10.9. The van der Waals surface area contributed by atoms with Crippen LogP contribution in [-0.4, -0.2) is 79.9 Å². The van der Waals surface area contributed by atoms with Crippen LogP contribution in [0.5, 0.6) is 0 Å². The quantitative estimate of drug-likeness (QED) is 0.754. The lowest BCUT2D eigenvalue weighted by Gasteiger charge is -2.33. The number of nitrogens with two attached hydrogens (primary N) is 1. The third-order valence-electron chi connectivity index (χ3n) is 4.41. The average Bonchev–Trinajstić information content (AvgIpc) is 3.22. The fourth-order valence-corrected chi connectivity index (χ4v) is 3.68. The van der Waals surface area contributed by atoms with Gasteiger partial charge in [0.05, 0.1) is 37.9 Å². The van der Waals surface area contributed by atoms with Crippen molar-refractivity contribution in [2.24, 2.45) is 10.8 Å². The van der Waals surface area contributed by atoms with Crippen LogP contribution in [0.3, 0.4) is 0 Å². The number of rotatable bonds is 4. The van der Waals surface area contributed by atoms with E-state index in [1.165, 1.54) is 0 Å². The molecule has 10 nitrogen and oxygen atoms in total. The Kier molecular flexibility index (Phi) is 5.09. The number of carbonyl (C=O) groups excluding carboxylic acids is 1. The highest BCUT2D eigenvalue weighted by atomic mass is 32.2. The molecular weight excluding hydrogens is 358 g/mol. The van der Waals surface area contributed by atoms with Crippen LogP contribution in [0.4, 0.5) is 17.5 Å².